The molecule has 28 heavy (non-hydrogen) atoms. The topological polar surface area (TPSA) is 81.6 Å². The van der Waals surface area contributed by atoms with Crippen molar-refractivity contribution in [2.24, 2.45) is 0 Å². The van der Waals surface area contributed by atoms with Crippen molar-refractivity contribution < 1.29 is 4.74 Å². The summed E-state index contributed by atoms with van der Waals surface area (Å²) in [4.78, 5) is 13.1. The number of aromatic nitrogens is 6. The van der Waals surface area contributed by atoms with E-state index in [1.807, 2.05) is 46.0 Å². The maximum absolute atomic E-state index is 5.73. The predicted octanol–water partition coefficient (Wildman–Crippen LogP) is 3.20. The lowest BCUT2D eigenvalue weighted by atomic mass is 9.93. The summed E-state index contributed by atoms with van der Waals surface area (Å²) in [6.45, 7) is 2.85. The molecule has 0 aliphatic heterocycles. The molecular weight excluding hydrogens is 354 g/mol. The fraction of sp³-hybridized carbons (Fsp3) is 0.400. The van der Waals surface area contributed by atoms with E-state index in [1.54, 1.807) is 6.20 Å². The molecule has 4 aromatic heterocycles. The zero-order valence-electron chi connectivity index (χ0n) is 15.8. The lowest BCUT2D eigenvalue weighted by Crippen LogP contribution is -2.30. The van der Waals surface area contributed by atoms with E-state index in [0.29, 0.717) is 23.9 Å². The summed E-state index contributed by atoms with van der Waals surface area (Å²) in [7, 11) is 0. The van der Waals surface area contributed by atoms with Gasteiger partial charge in [0.2, 0.25) is 11.7 Å². The summed E-state index contributed by atoms with van der Waals surface area (Å²) in [5.41, 5.74) is 3.00. The largest absolute Gasteiger partial charge is 0.379 e. The maximum Gasteiger partial charge on any atom is 0.241 e. The Hall–Kier alpha value is -3.00. The number of nitrogens with one attached hydrogen (secondary N) is 1. The highest BCUT2D eigenvalue weighted by molar-refractivity contribution is 5.79. The molecule has 1 aliphatic rings. The third-order valence-corrected chi connectivity index (χ3v) is 5.38. The Morgan fingerprint density at radius 1 is 1.11 bits per heavy atom. The van der Waals surface area contributed by atoms with E-state index >= 15 is 0 Å². The Bertz CT molecular complexity index is 1090. The standard InChI is InChI=1S/C20H23N7O/c1-2-28-16-5-3-15(4-6-16)24-19-22-12-18-17(7-9-27(18)25-19)14-11-23-20-21-8-10-26(20)13-14/h7-13,15-16H,2-6H2,1H3,(H,24,25)/t15-,16-. The van der Waals surface area contributed by atoms with Crippen LogP contribution in [0.15, 0.2) is 43.2 Å². The van der Waals surface area contributed by atoms with Gasteiger partial charge in [-0.2, -0.15) is 0 Å². The van der Waals surface area contributed by atoms with E-state index < -0.39 is 0 Å². The predicted molar refractivity (Wildman–Crippen MR) is 106 cm³/mol. The van der Waals surface area contributed by atoms with Crippen molar-refractivity contribution in [2.75, 3.05) is 11.9 Å². The number of ether oxygens (including phenoxy) is 1. The molecule has 0 bridgehead atoms. The molecule has 0 saturated heterocycles. The Labute approximate surface area is 162 Å². The third-order valence-electron chi connectivity index (χ3n) is 5.38. The second-order valence-electron chi connectivity index (χ2n) is 7.19. The van der Waals surface area contributed by atoms with Crippen molar-refractivity contribution in [3.63, 3.8) is 0 Å². The van der Waals surface area contributed by atoms with Crippen LogP contribution in [-0.4, -0.2) is 47.7 Å². The summed E-state index contributed by atoms with van der Waals surface area (Å²) in [6, 6.07) is 2.44. The number of imidazole rings is 1. The van der Waals surface area contributed by atoms with Crippen LogP contribution in [0.3, 0.4) is 0 Å². The van der Waals surface area contributed by atoms with Crippen LogP contribution < -0.4 is 5.32 Å². The maximum atomic E-state index is 5.73. The number of hydrogen-bond donors (Lipinski definition) is 1. The molecule has 5 rings (SSSR count). The smallest absolute Gasteiger partial charge is 0.241 e. The van der Waals surface area contributed by atoms with Crippen molar-refractivity contribution in [3.8, 4) is 11.1 Å². The normalized spacial score (nSPS) is 20.0. The molecule has 144 valence electrons. The number of anilines is 1. The van der Waals surface area contributed by atoms with E-state index in [9.17, 15) is 0 Å². The minimum Gasteiger partial charge on any atom is -0.379 e. The van der Waals surface area contributed by atoms with Gasteiger partial charge >= 0.3 is 0 Å². The first-order valence-electron chi connectivity index (χ1n) is 9.82. The summed E-state index contributed by atoms with van der Waals surface area (Å²) < 4.78 is 9.51. The van der Waals surface area contributed by atoms with Crippen LogP contribution in [0.25, 0.3) is 22.4 Å². The van der Waals surface area contributed by atoms with Crippen LogP contribution in [0.5, 0.6) is 0 Å². The molecule has 4 aromatic rings. The van der Waals surface area contributed by atoms with Gasteiger partial charge in [-0.05, 0) is 38.7 Å². The molecule has 8 nitrogen and oxygen atoms in total. The second-order valence-corrected chi connectivity index (χ2v) is 7.19. The molecule has 0 aromatic carbocycles. The van der Waals surface area contributed by atoms with Crippen LogP contribution in [-0.2, 0) is 4.74 Å². The van der Waals surface area contributed by atoms with Crippen LogP contribution in [0.4, 0.5) is 5.95 Å². The monoisotopic (exact) mass is 377 g/mol. The first-order valence-corrected chi connectivity index (χ1v) is 9.82. The highest BCUT2D eigenvalue weighted by Gasteiger charge is 2.22. The molecule has 0 radical (unpaired) electrons. The van der Waals surface area contributed by atoms with Crippen molar-refractivity contribution >= 4 is 17.2 Å². The van der Waals surface area contributed by atoms with Crippen molar-refractivity contribution in [1.82, 2.24) is 29.0 Å². The SMILES string of the molecule is CCO[C@H]1CC[C@H](Nc2ncc3c(-c4cnc5nccn5c4)ccn3n2)CC1. The van der Waals surface area contributed by atoms with Crippen molar-refractivity contribution in [2.45, 2.75) is 44.8 Å². The molecule has 1 N–H and O–H groups in total. The number of rotatable bonds is 5. The van der Waals surface area contributed by atoms with Crippen LogP contribution in [0.2, 0.25) is 0 Å². The molecule has 0 amide bonds. The van der Waals surface area contributed by atoms with Crippen LogP contribution in [0.1, 0.15) is 32.6 Å². The molecule has 0 atom stereocenters. The van der Waals surface area contributed by atoms with E-state index in [4.69, 9.17) is 4.74 Å². The van der Waals surface area contributed by atoms with Gasteiger partial charge < -0.3 is 10.1 Å². The first kappa shape index (κ1) is 17.1. The van der Waals surface area contributed by atoms with Gasteiger partial charge in [0, 0.05) is 54.8 Å². The molecule has 1 saturated carbocycles. The van der Waals surface area contributed by atoms with Crippen molar-refractivity contribution in [3.05, 3.63) is 43.2 Å². The Kier molecular flexibility index (Phi) is 4.40. The summed E-state index contributed by atoms with van der Waals surface area (Å²) >= 11 is 0. The van der Waals surface area contributed by atoms with E-state index in [2.05, 4.69) is 32.3 Å². The molecular formula is C20H23N7O. The molecule has 0 spiro atoms. The summed E-state index contributed by atoms with van der Waals surface area (Å²) in [5.74, 6) is 1.35. The second kappa shape index (κ2) is 7.20. The molecule has 1 fully saturated rings. The average molecular weight is 377 g/mol. The number of nitrogens with zero attached hydrogens (tertiary/aromatic N) is 6. The lowest BCUT2D eigenvalue weighted by molar-refractivity contribution is 0.0346. The average Bonchev–Trinajstić information content (AvgIpc) is 3.35. The zero-order valence-corrected chi connectivity index (χ0v) is 15.8. The van der Waals surface area contributed by atoms with Gasteiger partial charge in [0.05, 0.1) is 17.8 Å². The Morgan fingerprint density at radius 2 is 2.00 bits per heavy atom. The van der Waals surface area contributed by atoms with Gasteiger partial charge in [-0.15, -0.1) is 5.10 Å². The Morgan fingerprint density at radius 3 is 2.86 bits per heavy atom. The fourth-order valence-electron chi connectivity index (χ4n) is 3.96. The summed E-state index contributed by atoms with van der Waals surface area (Å²) in [5, 5.41) is 8.13. The van der Waals surface area contributed by atoms with Gasteiger partial charge in [-0.3, -0.25) is 4.40 Å². The first-order chi connectivity index (χ1) is 13.8. The van der Waals surface area contributed by atoms with Gasteiger partial charge in [0.25, 0.3) is 0 Å². The highest BCUT2D eigenvalue weighted by atomic mass is 16.5. The van der Waals surface area contributed by atoms with Crippen molar-refractivity contribution in [1.29, 1.82) is 0 Å². The van der Waals surface area contributed by atoms with Gasteiger partial charge in [0.15, 0.2) is 0 Å². The van der Waals surface area contributed by atoms with E-state index in [0.717, 1.165) is 48.9 Å². The minimum absolute atomic E-state index is 0.400. The van der Waals surface area contributed by atoms with E-state index in [1.165, 1.54) is 0 Å². The number of hydrogen-bond acceptors (Lipinski definition) is 6. The fourth-order valence-corrected chi connectivity index (χ4v) is 3.96. The third kappa shape index (κ3) is 3.20. The highest BCUT2D eigenvalue weighted by Crippen LogP contribution is 2.26. The molecule has 4 heterocycles. The lowest BCUT2D eigenvalue weighted by Gasteiger charge is -2.28. The van der Waals surface area contributed by atoms with Crippen LogP contribution in [0, 0.1) is 0 Å². The van der Waals surface area contributed by atoms with E-state index in [-0.39, 0.29) is 0 Å². The Balaban J connectivity index is 1.35. The summed E-state index contributed by atoms with van der Waals surface area (Å²) in [6.07, 6.45) is 16.1. The van der Waals surface area contributed by atoms with Crippen LogP contribution >= 0.6 is 0 Å². The quantitative estimate of drug-likeness (QED) is 0.575. The molecule has 8 heteroatoms. The number of fused-ring (bicyclic) bond motifs is 2. The van der Waals surface area contributed by atoms with Gasteiger partial charge in [-0.25, -0.2) is 19.5 Å². The molecule has 0 unspecified atom stereocenters. The van der Waals surface area contributed by atoms with Gasteiger partial charge in [-0.1, -0.05) is 0 Å². The minimum atomic E-state index is 0.400. The van der Waals surface area contributed by atoms with Gasteiger partial charge in [0.1, 0.15) is 0 Å². The zero-order chi connectivity index (χ0) is 18.9. The molecule has 1 aliphatic carbocycles.